The molecule has 12 nitrogen and oxygen atoms in total. The third-order valence-corrected chi connectivity index (χ3v) is 17.4. The fraction of sp³-hybridized carbons (Fsp3) is 0.583. The van der Waals surface area contributed by atoms with Gasteiger partial charge in [0.05, 0.1) is 19.8 Å². The van der Waals surface area contributed by atoms with E-state index in [1.54, 1.807) is 23.6 Å². The number of para-hydroxylation sites is 2. The molecule has 15 heteroatoms. The molecule has 1 saturated carbocycles. The second-order valence-electron chi connectivity index (χ2n) is 13.6. The van der Waals surface area contributed by atoms with Crippen LogP contribution in [0.1, 0.15) is 69.9 Å². The Labute approximate surface area is 306 Å². The Balaban J connectivity index is 1.20. The van der Waals surface area contributed by atoms with Gasteiger partial charge < -0.3 is 34.1 Å². The number of nitrogens with zero attached hydrogens (tertiary/aromatic N) is 2. The first-order valence-electron chi connectivity index (χ1n) is 18.2. The van der Waals surface area contributed by atoms with Crippen LogP contribution in [-0.2, 0) is 36.2 Å². The molecule has 3 heterocycles. The molecule has 0 spiro atoms. The zero-order valence-corrected chi connectivity index (χ0v) is 32.2. The van der Waals surface area contributed by atoms with Crippen LogP contribution in [0.25, 0.3) is 0 Å². The Bertz CT molecular complexity index is 1600. The standard InChI is InChI=1S/C36H50N4O8PSSi/c1-3-47-49(45,48-4-2)35(44)51(23-19-31(41)39-21-22-46-30-17-11-9-15-28(30)25-39)38-32(42)36(24-26-12-6-5-7-13-26)33(50-36)37-34(43)40-20-18-27-14-8-10-16-29(27)40/h8-11,14-17,26,33,35,44H,3-7,12-13,18-25H2,1-2H3,(H,37,43)(H,38,42)/t33?,35?,36-/m0/s1. The van der Waals surface area contributed by atoms with Gasteiger partial charge in [0.15, 0.2) is 5.47 Å². The van der Waals surface area contributed by atoms with E-state index in [9.17, 15) is 24.1 Å². The zero-order valence-electron chi connectivity index (χ0n) is 29.5. The van der Waals surface area contributed by atoms with E-state index < -0.39 is 32.1 Å². The highest BCUT2D eigenvalue weighted by Crippen LogP contribution is 2.58. The molecule has 6 rings (SSSR count). The molecule has 2 aromatic carbocycles. The van der Waals surface area contributed by atoms with Crippen LogP contribution in [0.15, 0.2) is 48.5 Å². The quantitative estimate of drug-likeness (QED) is 0.128. The van der Waals surface area contributed by atoms with Gasteiger partial charge in [0.1, 0.15) is 22.5 Å². The Kier molecular flexibility index (Phi) is 12.5. The summed E-state index contributed by atoms with van der Waals surface area (Å²) in [5.41, 5.74) is 1.28. The number of rotatable bonds is 14. The van der Waals surface area contributed by atoms with Crippen molar-refractivity contribution < 1.29 is 37.8 Å². The second-order valence-corrected chi connectivity index (χ2v) is 19.9. The van der Waals surface area contributed by atoms with Crippen molar-refractivity contribution in [2.75, 3.05) is 37.8 Å². The van der Waals surface area contributed by atoms with Gasteiger partial charge in [0, 0.05) is 30.8 Å². The fourth-order valence-corrected chi connectivity index (χ4v) is 14.0. The SMILES string of the molecule is CCOP(=O)(OCC)C(O)[Si](CCC(=O)N1CCOc2ccccc2C1)NC(=O)[C@]1(CC2CCCCC2)SC1NC(=O)N1CCc2ccccc21. The minimum Gasteiger partial charge on any atom is -0.491 e. The van der Waals surface area contributed by atoms with Crippen LogP contribution in [0.2, 0.25) is 6.04 Å². The van der Waals surface area contributed by atoms with Crippen LogP contribution in [0.5, 0.6) is 5.75 Å². The molecule has 2 unspecified atom stereocenters. The number of amides is 4. The summed E-state index contributed by atoms with van der Waals surface area (Å²) in [4.78, 5) is 48.3. The molecule has 1 radical (unpaired) electrons. The number of carbonyl (C=O) groups excluding carboxylic acids is 3. The first kappa shape index (κ1) is 37.9. The monoisotopic (exact) mass is 757 g/mol. The molecule has 2 aromatic rings. The van der Waals surface area contributed by atoms with E-state index in [0.717, 1.165) is 54.7 Å². The summed E-state index contributed by atoms with van der Waals surface area (Å²) in [6.07, 6.45) is 6.76. The lowest BCUT2D eigenvalue weighted by Crippen LogP contribution is -2.55. The maximum atomic E-state index is 14.5. The van der Waals surface area contributed by atoms with E-state index in [1.807, 2.05) is 48.5 Å². The van der Waals surface area contributed by atoms with Crippen molar-refractivity contribution >= 4 is 51.8 Å². The normalized spacial score (nSPS) is 22.4. The molecular formula is C36H50N4O8PSSi. The van der Waals surface area contributed by atoms with Gasteiger partial charge in [-0.05, 0) is 56.3 Å². The number of fused-ring (bicyclic) bond motifs is 2. The topological polar surface area (TPSA) is 147 Å². The van der Waals surface area contributed by atoms with Crippen LogP contribution < -0.4 is 19.9 Å². The lowest BCUT2D eigenvalue weighted by Gasteiger charge is -2.31. The van der Waals surface area contributed by atoms with E-state index in [0.29, 0.717) is 38.6 Å². The van der Waals surface area contributed by atoms with Crippen LogP contribution in [0.3, 0.4) is 0 Å². The van der Waals surface area contributed by atoms with Crippen molar-refractivity contribution in [2.45, 2.75) is 93.4 Å². The molecule has 0 bridgehead atoms. The van der Waals surface area contributed by atoms with Gasteiger partial charge in [-0.3, -0.25) is 19.1 Å². The van der Waals surface area contributed by atoms with Crippen molar-refractivity contribution in [2.24, 2.45) is 5.92 Å². The summed E-state index contributed by atoms with van der Waals surface area (Å²) in [5.74, 6) is 0.591. The van der Waals surface area contributed by atoms with Crippen LogP contribution in [0.4, 0.5) is 10.5 Å². The molecule has 1 aliphatic carbocycles. The Morgan fingerprint density at radius 1 is 1.04 bits per heavy atom. The lowest BCUT2D eigenvalue weighted by atomic mass is 9.82. The number of nitrogens with one attached hydrogen (secondary N) is 2. The van der Waals surface area contributed by atoms with Gasteiger partial charge >= 0.3 is 13.6 Å². The van der Waals surface area contributed by atoms with E-state index in [-0.39, 0.29) is 43.5 Å². The zero-order chi connectivity index (χ0) is 36.0. The first-order chi connectivity index (χ1) is 24.7. The van der Waals surface area contributed by atoms with Gasteiger partial charge in [-0.25, -0.2) is 4.79 Å². The summed E-state index contributed by atoms with van der Waals surface area (Å²) < 4.78 is 29.9. The van der Waals surface area contributed by atoms with Crippen LogP contribution >= 0.6 is 19.4 Å². The predicted octanol–water partition coefficient (Wildman–Crippen LogP) is 5.58. The number of benzene rings is 2. The summed E-state index contributed by atoms with van der Waals surface area (Å²) in [5, 5.41) is 14.4. The highest BCUT2D eigenvalue weighted by molar-refractivity contribution is 8.09. The molecule has 2 fully saturated rings. The molecular weight excluding hydrogens is 708 g/mol. The molecule has 3 aliphatic heterocycles. The highest BCUT2D eigenvalue weighted by Gasteiger charge is 2.63. The minimum absolute atomic E-state index is 0.0172. The molecule has 3 N–H and O–H groups in total. The molecule has 1 saturated heterocycles. The van der Waals surface area contributed by atoms with Gasteiger partial charge in [-0.2, -0.15) is 0 Å². The summed E-state index contributed by atoms with van der Waals surface area (Å²) in [6.45, 7) is 5.10. The van der Waals surface area contributed by atoms with Gasteiger partial charge in [0.25, 0.3) is 0 Å². The number of ether oxygens (including phenoxy) is 1. The summed E-state index contributed by atoms with van der Waals surface area (Å²) in [6, 6.07) is 15.3. The average molecular weight is 758 g/mol. The van der Waals surface area contributed by atoms with Crippen molar-refractivity contribution in [1.82, 2.24) is 15.2 Å². The Morgan fingerprint density at radius 2 is 1.75 bits per heavy atom. The van der Waals surface area contributed by atoms with Crippen molar-refractivity contribution in [3.63, 3.8) is 0 Å². The number of hydrogen-bond acceptors (Lipinski definition) is 9. The summed E-state index contributed by atoms with van der Waals surface area (Å²) in [7, 11) is -6.54. The third kappa shape index (κ3) is 8.68. The molecule has 4 amide bonds. The number of aliphatic hydroxyl groups excluding tert-OH is 1. The molecule has 4 aliphatic rings. The van der Waals surface area contributed by atoms with Crippen molar-refractivity contribution in [1.29, 1.82) is 0 Å². The van der Waals surface area contributed by atoms with Crippen LogP contribution in [-0.4, -0.2) is 85.3 Å². The van der Waals surface area contributed by atoms with E-state index in [4.69, 9.17) is 13.8 Å². The Hall–Kier alpha value is -2.87. The first-order valence-corrected chi connectivity index (χ1v) is 22.5. The maximum absolute atomic E-state index is 14.5. The number of hydrogen-bond donors (Lipinski definition) is 3. The average Bonchev–Trinajstić information content (AvgIpc) is 3.72. The van der Waals surface area contributed by atoms with Crippen molar-refractivity contribution in [3.8, 4) is 5.75 Å². The molecule has 0 aromatic heterocycles. The Morgan fingerprint density at radius 3 is 2.49 bits per heavy atom. The minimum atomic E-state index is -4.06. The van der Waals surface area contributed by atoms with E-state index in [2.05, 4.69) is 10.3 Å². The number of urea groups is 1. The molecule has 3 atom stereocenters. The van der Waals surface area contributed by atoms with Crippen LogP contribution in [0, 0.1) is 5.92 Å². The molecule has 51 heavy (non-hydrogen) atoms. The highest BCUT2D eigenvalue weighted by atomic mass is 32.2. The van der Waals surface area contributed by atoms with Gasteiger partial charge in [0.2, 0.25) is 20.8 Å². The number of anilines is 1. The second kappa shape index (κ2) is 16.9. The maximum Gasteiger partial charge on any atom is 0.357 e. The molecule has 277 valence electrons. The largest absolute Gasteiger partial charge is 0.491 e. The van der Waals surface area contributed by atoms with Crippen molar-refractivity contribution in [3.05, 3.63) is 59.7 Å². The van der Waals surface area contributed by atoms with Gasteiger partial charge in [-0.1, -0.05) is 68.5 Å². The summed E-state index contributed by atoms with van der Waals surface area (Å²) >= 11 is 1.42. The van der Waals surface area contributed by atoms with E-state index >= 15 is 0 Å². The lowest BCUT2D eigenvalue weighted by molar-refractivity contribution is -0.131. The third-order valence-electron chi connectivity index (χ3n) is 10.2. The number of aliphatic hydroxyl groups is 1. The van der Waals surface area contributed by atoms with E-state index in [1.165, 1.54) is 18.2 Å². The van der Waals surface area contributed by atoms with Gasteiger partial charge in [-0.15, -0.1) is 11.8 Å². The smallest absolute Gasteiger partial charge is 0.357 e. The predicted molar refractivity (Wildman–Crippen MR) is 199 cm³/mol. The number of carbonyl (C=O) groups is 3. The number of thioether (sulfide) groups is 1. The fourth-order valence-electron chi connectivity index (χ4n) is 7.48.